The van der Waals surface area contributed by atoms with E-state index >= 15 is 0 Å². The van der Waals surface area contributed by atoms with Gasteiger partial charge in [-0.25, -0.2) is 0 Å². The van der Waals surface area contributed by atoms with Crippen molar-refractivity contribution in [3.8, 4) is 5.75 Å². The van der Waals surface area contributed by atoms with Crippen molar-refractivity contribution in [2.45, 2.75) is 84.0 Å². The number of carbonyl (C=O) groups excluding carboxylic acids is 1. The van der Waals surface area contributed by atoms with E-state index in [1.54, 1.807) is 0 Å². The van der Waals surface area contributed by atoms with Gasteiger partial charge in [0.25, 0.3) is 0 Å². The molecule has 0 unspecified atom stereocenters. The van der Waals surface area contributed by atoms with E-state index in [-0.39, 0.29) is 35.5 Å². The van der Waals surface area contributed by atoms with E-state index in [0.29, 0.717) is 12.2 Å². The van der Waals surface area contributed by atoms with Crippen molar-refractivity contribution >= 4 is 35.5 Å². The number of hydrogen-bond acceptors (Lipinski definition) is 2. The first-order valence-corrected chi connectivity index (χ1v) is 9.08. The molecule has 1 aromatic rings. The van der Waals surface area contributed by atoms with E-state index in [1.807, 2.05) is 30.3 Å². The number of benzene rings is 1. The van der Waals surface area contributed by atoms with Crippen LogP contribution in [0.1, 0.15) is 84.0 Å². The van der Waals surface area contributed by atoms with Crippen LogP contribution < -0.4 is 4.74 Å². The summed E-state index contributed by atoms with van der Waals surface area (Å²) in [7, 11) is 0. The van der Waals surface area contributed by atoms with Crippen LogP contribution in [-0.4, -0.2) is 35.5 Å². The van der Waals surface area contributed by atoms with Crippen LogP contribution in [0.25, 0.3) is 0 Å². The van der Waals surface area contributed by atoms with Crippen molar-refractivity contribution in [1.82, 2.24) is 0 Å². The van der Waals surface area contributed by atoms with E-state index in [2.05, 4.69) is 6.92 Å². The SMILES string of the molecule is CCCCCCCCCCCCCC(=O)Oc1ccccc1.[NaH]. The van der Waals surface area contributed by atoms with Gasteiger partial charge < -0.3 is 4.74 Å². The second-order valence-electron chi connectivity index (χ2n) is 6.07. The molecular formula is C20H33NaO2. The maximum atomic E-state index is 11.7. The van der Waals surface area contributed by atoms with Crippen molar-refractivity contribution in [2.24, 2.45) is 0 Å². The monoisotopic (exact) mass is 328 g/mol. The quantitative estimate of drug-likeness (QED) is 0.202. The topological polar surface area (TPSA) is 26.3 Å². The summed E-state index contributed by atoms with van der Waals surface area (Å²) in [4.78, 5) is 11.7. The van der Waals surface area contributed by atoms with Gasteiger partial charge in [-0.05, 0) is 18.6 Å². The molecule has 0 aliphatic carbocycles. The molecule has 0 spiro atoms. The molecule has 2 nitrogen and oxygen atoms in total. The molecule has 0 aliphatic rings. The molecule has 0 aromatic heterocycles. The van der Waals surface area contributed by atoms with Crippen LogP contribution in [-0.2, 0) is 4.79 Å². The van der Waals surface area contributed by atoms with E-state index in [4.69, 9.17) is 4.74 Å². The third-order valence-corrected chi connectivity index (χ3v) is 3.96. The van der Waals surface area contributed by atoms with Crippen molar-refractivity contribution < 1.29 is 9.53 Å². The molecule has 1 aromatic carbocycles. The van der Waals surface area contributed by atoms with Gasteiger partial charge in [0.2, 0.25) is 0 Å². The second-order valence-corrected chi connectivity index (χ2v) is 6.07. The number of esters is 1. The Morgan fingerprint density at radius 1 is 0.783 bits per heavy atom. The standard InChI is InChI=1S/C20H32O2.Na.H/c1-2-3-4-5-6-7-8-9-10-11-15-18-20(21)22-19-16-13-12-14-17-19;;/h12-14,16-17H,2-11,15,18H2,1H3;;. The van der Waals surface area contributed by atoms with Crippen molar-refractivity contribution in [1.29, 1.82) is 0 Å². The normalized spacial score (nSPS) is 10.1. The molecule has 23 heavy (non-hydrogen) atoms. The zero-order valence-corrected chi connectivity index (χ0v) is 14.2. The van der Waals surface area contributed by atoms with Gasteiger partial charge in [-0.3, -0.25) is 4.79 Å². The molecule has 0 bridgehead atoms. The Morgan fingerprint density at radius 3 is 1.78 bits per heavy atom. The Labute approximate surface area is 164 Å². The van der Waals surface area contributed by atoms with Crippen LogP contribution in [0.2, 0.25) is 0 Å². The molecule has 0 heterocycles. The van der Waals surface area contributed by atoms with Gasteiger partial charge in [0.1, 0.15) is 5.75 Å². The third-order valence-electron chi connectivity index (χ3n) is 3.96. The van der Waals surface area contributed by atoms with Crippen LogP contribution >= 0.6 is 0 Å². The molecule has 0 amide bonds. The molecule has 0 radical (unpaired) electrons. The molecule has 0 saturated heterocycles. The average Bonchev–Trinajstić information content (AvgIpc) is 2.53. The van der Waals surface area contributed by atoms with E-state index in [1.165, 1.54) is 57.8 Å². The fourth-order valence-electron chi connectivity index (χ4n) is 2.60. The molecule has 1 rings (SSSR count). The van der Waals surface area contributed by atoms with E-state index in [0.717, 1.165) is 12.8 Å². The summed E-state index contributed by atoms with van der Waals surface area (Å²) in [5.41, 5.74) is 0. The van der Waals surface area contributed by atoms with Crippen molar-refractivity contribution in [2.75, 3.05) is 0 Å². The first-order valence-electron chi connectivity index (χ1n) is 9.08. The zero-order chi connectivity index (χ0) is 15.9. The predicted octanol–water partition coefficient (Wildman–Crippen LogP) is 5.64. The van der Waals surface area contributed by atoms with Gasteiger partial charge >= 0.3 is 35.5 Å². The van der Waals surface area contributed by atoms with Crippen molar-refractivity contribution in [3.63, 3.8) is 0 Å². The molecule has 126 valence electrons. The van der Waals surface area contributed by atoms with Crippen LogP contribution in [0.15, 0.2) is 30.3 Å². The van der Waals surface area contributed by atoms with Gasteiger partial charge in [-0.15, -0.1) is 0 Å². The Kier molecular flexibility index (Phi) is 16.3. The molecule has 3 heteroatoms. The summed E-state index contributed by atoms with van der Waals surface area (Å²) in [6.07, 6.45) is 14.8. The number of carbonyl (C=O) groups is 1. The fourth-order valence-corrected chi connectivity index (χ4v) is 2.60. The van der Waals surface area contributed by atoms with Crippen molar-refractivity contribution in [3.05, 3.63) is 30.3 Å². The molecule has 0 fully saturated rings. The fraction of sp³-hybridized carbons (Fsp3) is 0.650. The number of unbranched alkanes of at least 4 members (excludes halogenated alkanes) is 10. The first kappa shape index (κ1) is 22.7. The second kappa shape index (κ2) is 16.5. The van der Waals surface area contributed by atoms with Gasteiger partial charge in [0.15, 0.2) is 0 Å². The number of ether oxygens (including phenoxy) is 1. The summed E-state index contributed by atoms with van der Waals surface area (Å²) in [5.74, 6) is 0.540. The van der Waals surface area contributed by atoms with Crippen LogP contribution in [0.3, 0.4) is 0 Å². The summed E-state index contributed by atoms with van der Waals surface area (Å²) < 4.78 is 5.27. The van der Waals surface area contributed by atoms with Gasteiger partial charge in [-0.1, -0.05) is 89.3 Å². The average molecular weight is 328 g/mol. The van der Waals surface area contributed by atoms with Crippen LogP contribution in [0.4, 0.5) is 0 Å². The summed E-state index contributed by atoms with van der Waals surface area (Å²) >= 11 is 0. The minimum absolute atomic E-state index is 0. The number of rotatable bonds is 13. The molecule has 0 saturated carbocycles. The Bertz CT molecular complexity index is 378. The number of para-hydroxylation sites is 1. The molecular weight excluding hydrogens is 295 g/mol. The van der Waals surface area contributed by atoms with Crippen LogP contribution in [0, 0.1) is 0 Å². The summed E-state index contributed by atoms with van der Waals surface area (Å²) in [6, 6.07) is 9.31. The van der Waals surface area contributed by atoms with Gasteiger partial charge in [-0.2, -0.15) is 0 Å². The zero-order valence-electron chi connectivity index (χ0n) is 14.2. The first-order chi connectivity index (χ1) is 10.8. The summed E-state index contributed by atoms with van der Waals surface area (Å²) in [5, 5.41) is 0. The number of hydrogen-bond donors (Lipinski definition) is 0. The van der Waals surface area contributed by atoms with E-state index < -0.39 is 0 Å². The molecule has 0 aliphatic heterocycles. The predicted molar refractivity (Wildman–Crippen MR) is 100 cm³/mol. The van der Waals surface area contributed by atoms with E-state index in [9.17, 15) is 4.79 Å². The summed E-state index contributed by atoms with van der Waals surface area (Å²) in [6.45, 7) is 2.26. The van der Waals surface area contributed by atoms with Gasteiger partial charge in [0, 0.05) is 6.42 Å². The third kappa shape index (κ3) is 13.8. The molecule has 0 N–H and O–H groups in total. The Morgan fingerprint density at radius 2 is 1.26 bits per heavy atom. The Balaban J connectivity index is 0.00000484. The maximum absolute atomic E-state index is 11.7. The molecule has 0 atom stereocenters. The van der Waals surface area contributed by atoms with Crippen LogP contribution in [0.5, 0.6) is 5.75 Å². The Hall–Kier alpha value is -0.310. The minimum atomic E-state index is -0.109. The van der Waals surface area contributed by atoms with Gasteiger partial charge in [0.05, 0.1) is 0 Å².